The molecule has 1 N–H and O–H groups in total. The number of urea groups is 1. The van der Waals surface area contributed by atoms with Gasteiger partial charge in [0, 0.05) is 39.8 Å². The molecule has 0 aromatic carbocycles. The Labute approximate surface area is 99.0 Å². The average molecular weight is 227 g/mol. The fourth-order valence-electron chi connectivity index (χ4n) is 2.35. The molecule has 0 aromatic rings. The predicted octanol–water partition coefficient (Wildman–Crippen LogP) is 1.38. The average Bonchev–Trinajstić information content (AvgIpc) is 2.27. The van der Waals surface area contributed by atoms with Crippen LogP contribution in [0.25, 0.3) is 0 Å². The van der Waals surface area contributed by atoms with Crippen molar-refractivity contribution in [3.05, 3.63) is 0 Å². The standard InChI is InChI=1S/C12H25N3O/c1-10(2)9-15-7-5-11(6-8-15)14(4)12(16)13-3/h10-11H,5-9H2,1-4H3,(H,13,16). The van der Waals surface area contributed by atoms with Gasteiger partial charge in [0.25, 0.3) is 0 Å². The van der Waals surface area contributed by atoms with E-state index < -0.39 is 0 Å². The Hall–Kier alpha value is -0.770. The zero-order chi connectivity index (χ0) is 12.1. The molecule has 1 saturated heterocycles. The topological polar surface area (TPSA) is 35.6 Å². The minimum atomic E-state index is 0.0299. The maximum atomic E-state index is 11.5. The van der Waals surface area contributed by atoms with Crippen LogP contribution in [0.1, 0.15) is 26.7 Å². The Kier molecular flexibility index (Phi) is 5.06. The number of likely N-dealkylation sites (tertiary alicyclic amines) is 1. The van der Waals surface area contributed by atoms with Crippen LogP contribution in [0.4, 0.5) is 4.79 Å². The number of carbonyl (C=O) groups excluding carboxylic acids is 1. The minimum absolute atomic E-state index is 0.0299. The van der Waals surface area contributed by atoms with Crippen molar-refractivity contribution < 1.29 is 4.79 Å². The molecule has 94 valence electrons. The molecule has 1 heterocycles. The summed E-state index contributed by atoms with van der Waals surface area (Å²) in [6.07, 6.45) is 2.19. The van der Waals surface area contributed by atoms with Crippen LogP contribution in [0, 0.1) is 5.92 Å². The summed E-state index contributed by atoms with van der Waals surface area (Å²) < 4.78 is 0. The van der Waals surface area contributed by atoms with Crippen LogP contribution in [0.15, 0.2) is 0 Å². The van der Waals surface area contributed by atoms with Gasteiger partial charge in [0.05, 0.1) is 0 Å². The van der Waals surface area contributed by atoms with Gasteiger partial charge in [-0.2, -0.15) is 0 Å². The van der Waals surface area contributed by atoms with Crippen LogP contribution in [0.3, 0.4) is 0 Å². The second-order valence-corrected chi connectivity index (χ2v) is 5.09. The Morgan fingerprint density at radius 2 is 2.00 bits per heavy atom. The molecule has 4 nitrogen and oxygen atoms in total. The van der Waals surface area contributed by atoms with E-state index in [4.69, 9.17) is 0 Å². The van der Waals surface area contributed by atoms with Crippen molar-refractivity contribution in [2.45, 2.75) is 32.7 Å². The summed E-state index contributed by atoms with van der Waals surface area (Å²) in [6, 6.07) is 0.436. The third-order valence-electron chi connectivity index (χ3n) is 3.26. The van der Waals surface area contributed by atoms with Gasteiger partial charge in [0.2, 0.25) is 0 Å². The number of hydrogen-bond donors (Lipinski definition) is 1. The van der Waals surface area contributed by atoms with E-state index >= 15 is 0 Å². The number of nitrogens with zero attached hydrogens (tertiary/aromatic N) is 2. The van der Waals surface area contributed by atoms with Gasteiger partial charge in [0.15, 0.2) is 0 Å². The number of rotatable bonds is 3. The molecule has 0 radical (unpaired) electrons. The molecule has 0 aromatic heterocycles. The highest BCUT2D eigenvalue weighted by Crippen LogP contribution is 2.16. The summed E-state index contributed by atoms with van der Waals surface area (Å²) in [5, 5.41) is 2.68. The molecule has 2 amide bonds. The van der Waals surface area contributed by atoms with Crippen molar-refractivity contribution in [1.29, 1.82) is 0 Å². The first-order chi connectivity index (χ1) is 7.54. The maximum Gasteiger partial charge on any atom is 0.317 e. The number of amides is 2. The molecular weight excluding hydrogens is 202 g/mol. The third-order valence-corrected chi connectivity index (χ3v) is 3.26. The summed E-state index contributed by atoms with van der Waals surface area (Å²) >= 11 is 0. The molecular formula is C12H25N3O. The van der Waals surface area contributed by atoms with Crippen molar-refractivity contribution in [3.63, 3.8) is 0 Å². The van der Waals surface area contributed by atoms with Crippen LogP contribution in [0.5, 0.6) is 0 Å². The zero-order valence-corrected chi connectivity index (χ0v) is 11.0. The molecule has 0 unspecified atom stereocenters. The fraction of sp³-hybridized carbons (Fsp3) is 0.917. The molecule has 0 saturated carbocycles. The molecule has 0 bridgehead atoms. The molecule has 0 atom stereocenters. The molecule has 1 aliphatic heterocycles. The number of piperidine rings is 1. The fourth-order valence-corrected chi connectivity index (χ4v) is 2.35. The molecule has 1 fully saturated rings. The maximum absolute atomic E-state index is 11.5. The van der Waals surface area contributed by atoms with Crippen LogP contribution < -0.4 is 5.32 Å². The quantitative estimate of drug-likeness (QED) is 0.790. The lowest BCUT2D eigenvalue weighted by atomic mass is 10.0. The molecule has 0 spiro atoms. The number of hydrogen-bond acceptors (Lipinski definition) is 2. The second kappa shape index (κ2) is 6.09. The van der Waals surface area contributed by atoms with Crippen molar-refractivity contribution in [1.82, 2.24) is 15.1 Å². The smallest absolute Gasteiger partial charge is 0.317 e. The molecule has 16 heavy (non-hydrogen) atoms. The van der Waals surface area contributed by atoms with E-state index in [1.807, 2.05) is 11.9 Å². The first-order valence-electron chi connectivity index (χ1n) is 6.21. The normalized spacial score (nSPS) is 18.8. The summed E-state index contributed by atoms with van der Waals surface area (Å²) in [7, 11) is 3.58. The lowest BCUT2D eigenvalue weighted by Crippen LogP contribution is -2.48. The summed E-state index contributed by atoms with van der Waals surface area (Å²) in [6.45, 7) is 7.91. The van der Waals surface area contributed by atoms with E-state index in [9.17, 15) is 4.79 Å². The van der Waals surface area contributed by atoms with E-state index in [-0.39, 0.29) is 6.03 Å². The predicted molar refractivity (Wildman–Crippen MR) is 66.5 cm³/mol. The summed E-state index contributed by atoms with van der Waals surface area (Å²) in [5.74, 6) is 0.730. The molecule has 1 aliphatic rings. The third kappa shape index (κ3) is 3.67. The van der Waals surface area contributed by atoms with E-state index in [0.29, 0.717) is 6.04 Å². The lowest BCUT2D eigenvalue weighted by Gasteiger charge is -2.37. The van der Waals surface area contributed by atoms with Crippen molar-refractivity contribution in [2.24, 2.45) is 5.92 Å². The Bertz CT molecular complexity index is 222. The van der Waals surface area contributed by atoms with Gasteiger partial charge in [-0.1, -0.05) is 13.8 Å². The van der Waals surface area contributed by atoms with Gasteiger partial charge in [-0.25, -0.2) is 4.79 Å². The Balaban J connectivity index is 2.34. The van der Waals surface area contributed by atoms with Gasteiger partial charge >= 0.3 is 6.03 Å². The monoisotopic (exact) mass is 227 g/mol. The van der Waals surface area contributed by atoms with Gasteiger partial charge < -0.3 is 15.1 Å². The van der Waals surface area contributed by atoms with Crippen LogP contribution in [-0.2, 0) is 0 Å². The van der Waals surface area contributed by atoms with Crippen LogP contribution in [0.2, 0.25) is 0 Å². The molecule has 0 aliphatic carbocycles. The summed E-state index contributed by atoms with van der Waals surface area (Å²) in [5.41, 5.74) is 0. The van der Waals surface area contributed by atoms with Gasteiger partial charge in [0.1, 0.15) is 0 Å². The highest BCUT2D eigenvalue weighted by atomic mass is 16.2. The van der Waals surface area contributed by atoms with E-state index in [1.165, 1.54) is 6.54 Å². The van der Waals surface area contributed by atoms with Gasteiger partial charge in [-0.05, 0) is 18.8 Å². The number of nitrogens with one attached hydrogen (secondary N) is 1. The van der Waals surface area contributed by atoms with Gasteiger partial charge in [-0.15, -0.1) is 0 Å². The SMILES string of the molecule is CNC(=O)N(C)C1CCN(CC(C)C)CC1. The highest BCUT2D eigenvalue weighted by molar-refractivity contribution is 5.73. The van der Waals surface area contributed by atoms with E-state index in [0.717, 1.165) is 31.8 Å². The second-order valence-electron chi connectivity index (χ2n) is 5.09. The first kappa shape index (κ1) is 13.3. The lowest BCUT2D eigenvalue weighted by molar-refractivity contribution is 0.128. The van der Waals surface area contributed by atoms with Crippen molar-refractivity contribution >= 4 is 6.03 Å². The minimum Gasteiger partial charge on any atom is -0.341 e. The van der Waals surface area contributed by atoms with Crippen molar-refractivity contribution in [3.8, 4) is 0 Å². The van der Waals surface area contributed by atoms with Crippen LogP contribution in [-0.4, -0.2) is 55.6 Å². The highest BCUT2D eigenvalue weighted by Gasteiger charge is 2.24. The summed E-state index contributed by atoms with van der Waals surface area (Å²) in [4.78, 5) is 15.8. The van der Waals surface area contributed by atoms with E-state index in [2.05, 4.69) is 24.1 Å². The first-order valence-corrected chi connectivity index (χ1v) is 6.21. The van der Waals surface area contributed by atoms with E-state index in [1.54, 1.807) is 7.05 Å². The molecule has 1 rings (SSSR count). The Morgan fingerprint density at radius 3 is 2.44 bits per heavy atom. The number of carbonyl (C=O) groups is 1. The zero-order valence-electron chi connectivity index (χ0n) is 11.0. The largest absolute Gasteiger partial charge is 0.341 e. The Morgan fingerprint density at radius 1 is 1.44 bits per heavy atom. The molecule has 4 heteroatoms. The van der Waals surface area contributed by atoms with Gasteiger partial charge in [-0.3, -0.25) is 0 Å². The van der Waals surface area contributed by atoms with Crippen molar-refractivity contribution in [2.75, 3.05) is 33.7 Å². The van der Waals surface area contributed by atoms with Crippen LogP contribution >= 0.6 is 0 Å².